The summed E-state index contributed by atoms with van der Waals surface area (Å²) in [7, 11) is -1.85. The number of rotatable bonds is 6. The summed E-state index contributed by atoms with van der Waals surface area (Å²) in [5, 5.41) is 2.81. The summed E-state index contributed by atoms with van der Waals surface area (Å²) in [6.45, 7) is 3.59. The summed E-state index contributed by atoms with van der Waals surface area (Å²) in [4.78, 5) is 12.3. The Bertz CT molecular complexity index is 898. The number of benzene rings is 2. The number of sulfonamides is 1. The van der Waals surface area contributed by atoms with Crippen LogP contribution in [0.1, 0.15) is 12.5 Å². The van der Waals surface area contributed by atoms with Crippen molar-refractivity contribution < 1.29 is 17.9 Å². The predicted octanol–water partition coefficient (Wildman–Crippen LogP) is 3.56. The highest BCUT2D eigenvalue weighted by Crippen LogP contribution is 2.22. The molecule has 1 amide bonds. The van der Waals surface area contributed by atoms with E-state index in [1.807, 2.05) is 19.1 Å². The van der Waals surface area contributed by atoms with Crippen molar-refractivity contribution in [1.82, 2.24) is 0 Å². The highest BCUT2D eigenvalue weighted by Gasteiger charge is 2.16. The van der Waals surface area contributed by atoms with Crippen LogP contribution in [0.3, 0.4) is 0 Å². The third kappa shape index (κ3) is 5.22. The SMILES string of the molecule is Cc1cc(NC(=O)C(C)Oc2ccc(N(C)S(C)(=O)=O)cc2)ccc1Br. The molecular formula is C18H21BrN2O4S. The van der Waals surface area contributed by atoms with Crippen LogP contribution in [0.25, 0.3) is 0 Å². The van der Waals surface area contributed by atoms with Crippen LogP contribution in [-0.4, -0.2) is 33.7 Å². The number of aryl methyl sites for hydroxylation is 1. The van der Waals surface area contributed by atoms with Crippen LogP contribution in [-0.2, 0) is 14.8 Å². The average Bonchev–Trinajstić information content (AvgIpc) is 2.57. The van der Waals surface area contributed by atoms with E-state index in [0.29, 0.717) is 17.1 Å². The van der Waals surface area contributed by atoms with Gasteiger partial charge >= 0.3 is 0 Å². The largest absolute Gasteiger partial charge is 0.481 e. The van der Waals surface area contributed by atoms with Crippen molar-refractivity contribution in [3.63, 3.8) is 0 Å². The van der Waals surface area contributed by atoms with Gasteiger partial charge in [-0.15, -0.1) is 0 Å². The van der Waals surface area contributed by atoms with E-state index in [2.05, 4.69) is 21.2 Å². The van der Waals surface area contributed by atoms with Gasteiger partial charge in [-0.05, 0) is 61.9 Å². The molecule has 0 saturated heterocycles. The molecule has 0 saturated carbocycles. The quantitative estimate of drug-likeness (QED) is 0.744. The highest BCUT2D eigenvalue weighted by molar-refractivity contribution is 9.10. The number of hydrogen-bond donors (Lipinski definition) is 1. The monoisotopic (exact) mass is 440 g/mol. The van der Waals surface area contributed by atoms with Crippen LogP contribution < -0.4 is 14.4 Å². The zero-order chi connectivity index (χ0) is 19.5. The molecule has 6 nitrogen and oxygen atoms in total. The van der Waals surface area contributed by atoms with Crippen molar-refractivity contribution in [1.29, 1.82) is 0 Å². The summed E-state index contributed by atoms with van der Waals surface area (Å²) in [5.41, 5.74) is 2.22. The van der Waals surface area contributed by atoms with Gasteiger partial charge in [-0.1, -0.05) is 15.9 Å². The third-order valence-electron chi connectivity index (χ3n) is 3.81. The molecule has 2 aromatic carbocycles. The second-order valence-corrected chi connectivity index (χ2v) is 8.81. The third-order valence-corrected chi connectivity index (χ3v) is 5.90. The van der Waals surface area contributed by atoms with Gasteiger partial charge < -0.3 is 10.1 Å². The highest BCUT2D eigenvalue weighted by atomic mass is 79.9. The van der Waals surface area contributed by atoms with Crippen LogP contribution in [0.4, 0.5) is 11.4 Å². The minimum Gasteiger partial charge on any atom is -0.481 e. The lowest BCUT2D eigenvalue weighted by Crippen LogP contribution is -2.30. The van der Waals surface area contributed by atoms with Crippen molar-refractivity contribution in [3.05, 3.63) is 52.5 Å². The van der Waals surface area contributed by atoms with Gasteiger partial charge in [-0.25, -0.2) is 8.42 Å². The summed E-state index contributed by atoms with van der Waals surface area (Å²) in [6, 6.07) is 12.0. The van der Waals surface area contributed by atoms with Crippen molar-refractivity contribution in [3.8, 4) is 5.75 Å². The van der Waals surface area contributed by atoms with Gasteiger partial charge in [0.1, 0.15) is 5.75 Å². The minimum absolute atomic E-state index is 0.274. The molecule has 0 heterocycles. The van der Waals surface area contributed by atoms with Crippen molar-refractivity contribution in [2.75, 3.05) is 22.9 Å². The minimum atomic E-state index is -3.32. The van der Waals surface area contributed by atoms with Crippen molar-refractivity contribution >= 4 is 43.2 Å². The first-order chi connectivity index (χ1) is 12.1. The van der Waals surface area contributed by atoms with Crippen LogP contribution in [0.15, 0.2) is 46.9 Å². The molecule has 0 aliphatic rings. The second kappa shape index (κ2) is 8.09. The predicted molar refractivity (Wildman–Crippen MR) is 107 cm³/mol. The van der Waals surface area contributed by atoms with E-state index in [4.69, 9.17) is 4.74 Å². The molecule has 1 unspecified atom stereocenters. The maximum Gasteiger partial charge on any atom is 0.265 e. The van der Waals surface area contributed by atoms with Crippen LogP contribution >= 0.6 is 15.9 Å². The number of nitrogens with zero attached hydrogens (tertiary/aromatic N) is 1. The molecule has 1 atom stereocenters. The maximum absolute atomic E-state index is 12.3. The van der Waals surface area contributed by atoms with Crippen LogP contribution in [0, 0.1) is 6.92 Å². The lowest BCUT2D eigenvalue weighted by molar-refractivity contribution is -0.122. The summed E-state index contributed by atoms with van der Waals surface area (Å²) >= 11 is 3.42. The Balaban J connectivity index is 2.01. The second-order valence-electron chi connectivity index (χ2n) is 5.94. The van der Waals surface area contributed by atoms with Gasteiger partial charge in [0.2, 0.25) is 10.0 Å². The zero-order valence-corrected chi connectivity index (χ0v) is 17.4. The molecule has 140 valence electrons. The zero-order valence-electron chi connectivity index (χ0n) is 15.0. The normalized spacial score (nSPS) is 12.3. The Labute approximate surface area is 162 Å². The van der Waals surface area contributed by atoms with E-state index in [1.54, 1.807) is 37.3 Å². The molecule has 0 bridgehead atoms. The topological polar surface area (TPSA) is 75.7 Å². The van der Waals surface area contributed by atoms with Gasteiger partial charge in [-0.2, -0.15) is 0 Å². The first kappa shape index (κ1) is 20.3. The first-order valence-electron chi connectivity index (χ1n) is 7.85. The van der Waals surface area contributed by atoms with E-state index in [1.165, 1.54) is 11.4 Å². The van der Waals surface area contributed by atoms with Gasteiger partial charge in [0.25, 0.3) is 5.91 Å². The number of carbonyl (C=O) groups excluding carboxylic acids is 1. The number of amides is 1. The molecule has 0 spiro atoms. The standard InChI is InChI=1S/C18H21BrN2O4S/c1-12-11-14(5-10-17(12)19)20-18(22)13(2)25-16-8-6-15(7-9-16)21(3)26(4,23)24/h5-11,13H,1-4H3,(H,20,22). The molecule has 2 rings (SSSR count). The van der Waals surface area contributed by atoms with E-state index in [0.717, 1.165) is 16.3 Å². The molecule has 0 radical (unpaired) electrons. The van der Waals surface area contributed by atoms with E-state index < -0.39 is 16.1 Å². The van der Waals surface area contributed by atoms with Crippen molar-refractivity contribution in [2.24, 2.45) is 0 Å². The number of halogens is 1. The maximum atomic E-state index is 12.3. The van der Waals surface area contributed by atoms with E-state index in [-0.39, 0.29) is 5.91 Å². The number of hydrogen-bond acceptors (Lipinski definition) is 4. The van der Waals surface area contributed by atoms with Crippen molar-refractivity contribution in [2.45, 2.75) is 20.0 Å². The number of carbonyl (C=O) groups is 1. The van der Waals surface area contributed by atoms with E-state index in [9.17, 15) is 13.2 Å². The first-order valence-corrected chi connectivity index (χ1v) is 10.5. The Kier molecular flexibility index (Phi) is 6.30. The van der Waals surface area contributed by atoms with E-state index >= 15 is 0 Å². The number of ether oxygens (including phenoxy) is 1. The number of anilines is 2. The Morgan fingerprint density at radius 2 is 1.81 bits per heavy atom. The summed E-state index contributed by atoms with van der Waals surface area (Å²) in [6.07, 6.45) is 0.422. The molecule has 1 N–H and O–H groups in total. The fourth-order valence-electron chi connectivity index (χ4n) is 2.15. The molecule has 8 heteroatoms. The molecule has 0 fully saturated rings. The van der Waals surface area contributed by atoms with Gasteiger partial charge in [-0.3, -0.25) is 9.10 Å². The molecule has 0 aromatic heterocycles. The average molecular weight is 441 g/mol. The lowest BCUT2D eigenvalue weighted by atomic mass is 10.2. The molecular weight excluding hydrogens is 420 g/mol. The molecule has 2 aromatic rings. The summed E-state index contributed by atoms with van der Waals surface area (Å²) < 4.78 is 30.9. The Morgan fingerprint density at radius 1 is 1.19 bits per heavy atom. The smallest absolute Gasteiger partial charge is 0.265 e. The fourth-order valence-corrected chi connectivity index (χ4v) is 2.90. The number of nitrogens with one attached hydrogen (secondary N) is 1. The van der Waals surface area contributed by atoms with Gasteiger partial charge in [0, 0.05) is 17.2 Å². The Morgan fingerprint density at radius 3 is 2.35 bits per heavy atom. The van der Waals surface area contributed by atoms with Crippen LogP contribution in [0.5, 0.6) is 5.75 Å². The fraction of sp³-hybridized carbons (Fsp3) is 0.278. The molecule has 0 aliphatic carbocycles. The van der Waals surface area contributed by atoms with Gasteiger partial charge in [0.05, 0.1) is 11.9 Å². The molecule has 26 heavy (non-hydrogen) atoms. The van der Waals surface area contributed by atoms with Crippen LogP contribution in [0.2, 0.25) is 0 Å². The summed E-state index contributed by atoms with van der Waals surface area (Å²) in [5.74, 6) is 0.203. The van der Waals surface area contributed by atoms with Gasteiger partial charge in [0.15, 0.2) is 6.10 Å². The Hall–Kier alpha value is -2.06. The molecule has 0 aliphatic heterocycles. The lowest BCUT2D eigenvalue weighted by Gasteiger charge is -2.18.